The van der Waals surface area contributed by atoms with Crippen molar-refractivity contribution in [1.29, 1.82) is 0 Å². The highest BCUT2D eigenvalue weighted by Gasteiger charge is 2.63. The second kappa shape index (κ2) is 5.72. The molecule has 4 rings (SSSR count). The average molecular weight is 356 g/mol. The zero-order valence-electron chi connectivity index (χ0n) is 15.8. The van der Waals surface area contributed by atoms with E-state index >= 15 is 0 Å². The molecule has 0 saturated heterocycles. The number of aliphatic hydroxyl groups is 1. The molecule has 1 N–H and O–H groups in total. The molecule has 0 aliphatic heterocycles. The highest BCUT2D eigenvalue weighted by Crippen LogP contribution is 2.66. The quantitative estimate of drug-likeness (QED) is 0.610. The van der Waals surface area contributed by atoms with Gasteiger partial charge in [0.25, 0.3) is 0 Å². The summed E-state index contributed by atoms with van der Waals surface area (Å²) in [6.07, 6.45) is 8.55. The fourth-order valence-electron chi connectivity index (χ4n) is 7.30. The number of carbonyl (C=O) groups excluding carboxylic acids is 3. The van der Waals surface area contributed by atoms with Crippen molar-refractivity contribution in [1.82, 2.24) is 0 Å². The number of fused-ring (bicyclic) bond motifs is 5. The molecular weight excluding hydrogens is 328 g/mol. The molecule has 4 heteroatoms. The van der Waals surface area contributed by atoms with Crippen LogP contribution >= 0.6 is 0 Å². The number of rotatable bonds is 2. The van der Waals surface area contributed by atoms with E-state index in [2.05, 4.69) is 20.8 Å². The van der Waals surface area contributed by atoms with E-state index in [0.717, 1.165) is 24.8 Å². The van der Waals surface area contributed by atoms with E-state index in [1.165, 1.54) is 0 Å². The van der Waals surface area contributed by atoms with Gasteiger partial charge in [0.2, 0.25) is 0 Å². The third kappa shape index (κ3) is 2.20. The lowest BCUT2D eigenvalue weighted by molar-refractivity contribution is -0.145. The van der Waals surface area contributed by atoms with Gasteiger partial charge in [0.1, 0.15) is 0 Å². The number of aliphatic hydroxyl groups excluding tert-OH is 1. The molecule has 4 nitrogen and oxygen atoms in total. The molecule has 26 heavy (non-hydrogen) atoms. The molecule has 8 atom stereocenters. The van der Waals surface area contributed by atoms with Gasteiger partial charge in [-0.15, -0.1) is 0 Å². The lowest BCUT2D eigenvalue weighted by Crippen LogP contribution is -2.57. The van der Waals surface area contributed by atoms with Crippen LogP contribution in [0.3, 0.4) is 0 Å². The predicted octanol–water partition coefficient (Wildman–Crippen LogP) is 2.90. The molecule has 0 aromatic carbocycles. The SMILES string of the molecule is C[C@H]1C[C@@H]2[C@H]([C@@H](O)C[C@]3(C)[C@@H](C(=O)C=O)CC[C@@H]23)[C@@]2(C)C=CC(=O)C=C12. The van der Waals surface area contributed by atoms with Crippen molar-refractivity contribution in [2.24, 2.45) is 40.4 Å². The molecule has 3 saturated carbocycles. The second-order valence-corrected chi connectivity index (χ2v) is 9.48. The van der Waals surface area contributed by atoms with Crippen molar-refractivity contribution >= 4 is 17.9 Å². The second-order valence-electron chi connectivity index (χ2n) is 9.48. The van der Waals surface area contributed by atoms with Gasteiger partial charge in [-0.2, -0.15) is 0 Å². The Morgan fingerprint density at radius 3 is 2.73 bits per heavy atom. The van der Waals surface area contributed by atoms with Gasteiger partial charge in [-0.05, 0) is 61.0 Å². The van der Waals surface area contributed by atoms with E-state index in [1.807, 2.05) is 6.08 Å². The van der Waals surface area contributed by atoms with E-state index in [-0.39, 0.29) is 40.2 Å². The number of carbonyl (C=O) groups is 3. The van der Waals surface area contributed by atoms with Gasteiger partial charge >= 0.3 is 0 Å². The summed E-state index contributed by atoms with van der Waals surface area (Å²) in [6.45, 7) is 6.44. The van der Waals surface area contributed by atoms with Crippen LogP contribution in [0.15, 0.2) is 23.8 Å². The van der Waals surface area contributed by atoms with Crippen LogP contribution in [0.5, 0.6) is 0 Å². The Morgan fingerprint density at radius 1 is 1.31 bits per heavy atom. The van der Waals surface area contributed by atoms with Gasteiger partial charge in [-0.1, -0.05) is 32.4 Å². The smallest absolute Gasteiger partial charge is 0.198 e. The normalized spacial score (nSPS) is 49.7. The third-order valence-corrected chi connectivity index (χ3v) is 8.27. The van der Waals surface area contributed by atoms with E-state index < -0.39 is 6.10 Å². The Bertz CT molecular complexity index is 734. The molecule has 0 radical (unpaired) electrons. The summed E-state index contributed by atoms with van der Waals surface area (Å²) in [7, 11) is 0. The maximum Gasteiger partial charge on any atom is 0.198 e. The Hall–Kier alpha value is -1.55. The first-order valence-electron chi connectivity index (χ1n) is 9.84. The van der Waals surface area contributed by atoms with E-state index in [1.54, 1.807) is 12.2 Å². The number of Topliss-reactive ketones (excluding diaryl/α,β-unsaturated/α-hetero) is 1. The average Bonchev–Trinajstić information content (AvgIpc) is 2.92. The minimum absolute atomic E-state index is 0.0374. The van der Waals surface area contributed by atoms with Gasteiger partial charge in [0.05, 0.1) is 6.10 Å². The Morgan fingerprint density at radius 2 is 2.04 bits per heavy atom. The van der Waals surface area contributed by atoms with Gasteiger partial charge < -0.3 is 5.11 Å². The molecule has 4 aliphatic rings. The monoisotopic (exact) mass is 356 g/mol. The molecular formula is C22H28O4. The summed E-state index contributed by atoms with van der Waals surface area (Å²) < 4.78 is 0. The van der Waals surface area contributed by atoms with Crippen molar-refractivity contribution in [2.75, 3.05) is 0 Å². The number of ketones is 2. The Balaban J connectivity index is 1.76. The van der Waals surface area contributed by atoms with Crippen molar-refractivity contribution in [3.8, 4) is 0 Å². The molecule has 0 heterocycles. The fourth-order valence-corrected chi connectivity index (χ4v) is 7.30. The molecule has 4 aliphatic carbocycles. The Kier molecular flexibility index (Phi) is 3.93. The van der Waals surface area contributed by atoms with Crippen LogP contribution in [-0.2, 0) is 14.4 Å². The zero-order chi connectivity index (χ0) is 18.9. The van der Waals surface area contributed by atoms with Crippen molar-refractivity contribution in [3.63, 3.8) is 0 Å². The van der Waals surface area contributed by atoms with E-state index in [4.69, 9.17) is 0 Å². The Labute approximate surface area is 154 Å². The summed E-state index contributed by atoms with van der Waals surface area (Å²) in [4.78, 5) is 35.3. The summed E-state index contributed by atoms with van der Waals surface area (Å²) in [5.41, 5.74) is 0.542. The van der Waals surface area contributed by atoms with Gasteiger partial charge in [-0.25, -0.2) is 0 Å². The molecule has 0 amide bonds. The standard InChI is InChI=1S/C22H28O4/c1-12-8-14-15-4-5-16(19(26)11-23)22(15,3)10-18(25)20(14)21(2)7-6-13(24)9-17(12)21/h6-7,9,11-12,14-16,18,20,25H,4-5,8,10H2,1-3H3/t12-,14-,15-,16+,18-,20+,21-,22-/m0/s1. The van der Waals surface area contributed by atoms with Crippen LogP contribution in [0.2, 0.25) is 0 Å². The summed E-state index contributed by atoms with van der Waals surface area (Å²) in [6, 6.07) is 0. The fraction of sp³-hybridized carbons (Fsp3) is 0.682. The highest BCUT2D eigenvalue weighted by atomic mass is 16.3. The van der Waals surface area contributed by atoms with E-state index in [9.17, 15) is 19.5 Å². The highest BCUT2D eigenvalue weighted by molar-refractivity contribution is 6.26. The molecule has 0 aromatic rings. The molecule has 3 fully saturated rings. The van der Waals surface area contributed by atoms with Crippen molar-refractivity contribution < 1.29 is 19.5 Å². The largest absolute Gasteiger partial charge is 0.393 e. The molecule has 0 spiro atoms. The van der Waals surface area contributed by atoms with Gasteiger partial charge in [0.15, 0.2) is 17.9 Å². The zero-order valence-corrected chi connectivity index (χ0v) is 15.8. The van der Waals surface area contributed by atoms with Crippen molar-refractivity contribution in [2.45, 2.75) is 52.6 Å². The summed E-state index contributed by atoms with van der Waals surface area (Å²) >= 11 is 0. The molecule has 0 bridgehead atoms. The first-order chi connectivity index (χ1) is 12.2. The van der Waals surface area contributed by atoms with Crippen LogP contribution in [0.4, 0.5) is 0 Å². The molecule has 0 aromatic heterocycles. The minimum atomic E-state index is -0.528. The van der Waals surface area contributed by atoms with Gasteiger partial charge in [-0.3, -0.25) is 14.4 Å². The number of hydrogen-bond donors (Lipinski definition) is 1. The lowest BCUT2D eigenvalue weighted by atomic mass is 9.45. The topological polar surface area (TPSA) is 71.4 Å². The number of aldehydes is 1. The first kappa shape index (κ1) is 17.8. The predicted molar refractivity (Wildman–Crippen MR) is 97.1 cm³/mol. The lowest BCUT2D eigenvalue weighted by Gasteiger charge is -2.60. The number of hydrogen-bond acceptors (Lipinski definition) is 4. The van der Waals surface area contributed by atoms with Gasteiger partial charge in [0, 0.05) is 17.3 Å². The minimum Gasteiger partial charge on any atom is -0.393 e. The number of allylic oxidation sites excluding steroid dienone is 4. The summed E-state index contributed by atoms with van der Waals surface area (Å²) in [5, 5.41) is 11.2. The summed E-state index contributed by atoms with van der Waals surface area (Å²) in [5.74, 6) is 0.474. The maximum atomic E-state index is 12.2. The molecule has 140 valence electrons. The maximum absolute atomic E-state index is 12.2. The molecule has 0 unspecified atom stereocenters. The van der Waals surface area contributed by atoms with E-state index in [0.29, 0.717) is 24.5 Å². The first-order valence-corrected chi connectivity index (χ1v) is 9.84. The third-order valence-electron chi connectivity index (χ3n) is 8.27. The van der Waals surface area contributed by atoms with Crippen LogP contribution in [-0.4, -0.2) is 29.1 Å². The van der Waals surface area contributed by atoms with Crippen molar-refractivity contribution in [3.05, 3.63) is 23.8 Å². The van der Waals surface area contributed by atoms with Crippen LogP contribution in [0, 0.1) is 40.4 Å². The van der Waals surface area contributed by atoms with Crippen LogP contribution in [0.25, 0.3) is 0 Å². The van der Waals surface area contributed by atoms with Crippen LogP contribution < -0.4 is 0 Å². The van der Waals surface area contributed by atoms with Crippen LogP contribution in [0.1, 0.15) is 46.5 Å².